The van der Waals surface area contributed by atoms with E-state index in [0.717, 1.165) is 35.0 Å². The topological polar surface area (TPSA) is 0 Å². The van der Waals surface area contributed by atoms with Crippen molar-refractivity contribution >= 4 is 0 Å². The van der Waals surface area contributed by atoms with Crippen LogP contribution in [0.4, 0.5) is 0 Å². The van der Waals surface area contributed by atoms with Crippen LogP contribution in [0.1, 0.15) is 77.6 Å². The summed E-state index contributed by atoms with van der Waals surface area (Å²) in [5.41, 5.74) is 0.759. The Balaban J connectivity index is 1.62. The average molecular weight is 246 g/mol. The molecule has 0 aliphatic heterocycles. The highest BCUT2D eigenvalue weighted by Crippen LogP contribution is 2.62. The molecular weight excluding hydrogens is 216 g/mol. The molecule has 0 aromatic heterocycles. The summed E-state index contributed by atoms with van der Waals surface area (Å²) in [6.07, 6.45) is 17.3. The van der Waals surface area contributed by atoms with Crippen LogP contribution in [0.15, 0.2) is 0 Å². The Morgan fingerprint density at radius 3 is 2.61 bits per heavy atom. The minimum absolute atomic E-state index is 0.759. The summed E-state index contributed by atoms with van der Waals surface area (Å²) in [7, 11) is 0. The Labute approximate surface area is 113 Å². The van der Waals surface area contributed by atoms with Crippen molar-refractivity contribution in [3.05, 3.63) is 0 Å². The average Bonchev–Trinajstić information content (AvgIpc) is 2.86. The van der Waals surface area contributed by atoms with Crippen molar-refractivity contribution in [2.24, 2.45) is 35.0 Å². The highest BCUT2D eigenvalue weighted by atomic mass is 14.6. The van der Waals surface area contributed by atoms with Crippen LogP contribution in [0.3, 0.4) is 0 Å². The van der Waals surface area contributed by atoms with E-state index >= 15 is 0 Å². The molecule has 0 unspecified atom stereocenters. The third kappa shape index (κ3) is 1.56. The molecule has 4 fully saturated rings. The van der Waals surface area contributed by atoms with Gasteiger partial charge in [-0.05, 0) is 80.0 Å². The summed E-state index contributed by atoms with van der Waals surface area (Å²) in [5, 5.41) is 0. The van der Waals surface area contributed by atoms with E-state index in [9.17, 15) is 0 Å². The van der Waals surface area contributed by atoms with E-state index in [-0.39, 0.29) is 0 Å². The molecule has 4 saturated carbocycles. The maximum atomic E-state index is 2.70. The lowest BCUT2D eigenvalue weighted by Crippen LogP contribution is -2.49. The smallest absolute Gasteiger partial charge is 0.0266 e. The normalized spacial score (nSPS) is 55.5. The molecule has 0 N–H and O–H groups in total. The molecule has 0 radical (unpaired) electrons. The lowest BCUT2D eigenvalue weighted by Gasteiger charge is -2.58. The van der Waals surface area contributed by atoms with Gasteiger partial charge >= 0.3 is 0 Å². The molecule has 6 atom stereocenters. The van der Waals surface area contributed by atoms with E-state index < -0.39 is 0 Å². The van der Waals surface area contributed by atoms with Crippen molar-refractivity contribution in [2.75, 3.05) is 0 Å². The van der Waals surface area contributed by atoms with Crippen LogP contribution in [0.2, 0.25) is 0 Å². The van der Waals surface area contributed by atoms with Crippen LogP contribution >= 0.6 is 0 Å². The fraction of sp³-hybridized carbons (Fsp3) is 1.00. The van der Waals surface area contributed by atoms with Gasteiger partial charge in [-0.15, -0.1) is 0 Å². The van der Waals surface area contributed by atoms with Gasteiger partial charge in [-0.2, -0.15) is 0 Å². The van der Waals surface area contributed by atoms with Gasteiger partial charge in [0.15, 0.2) is 0 Å². The molecule has 0 heteroatoms. The molecule has 4 aliphatic rings. The van der Waals surface area contributed by atoms with E-state index in [1.54, 1.807) is 57.8 Å². The summed E-state index contributed by atoms with van der Waals surface area (Å²) >= 11 is 0. The third-order valence-corrected chi connectivity index (χ3v) is 7.78. The van der Waals surface area contributed by atoms with Crippen molar-refractivity contribution < 1.29 is 0 Å². The van der Waals surface area contributed by atoms with E-state index in [2.05, 4.69) is 6.92 Å². The fourth-order valence-electron chi connectivity index (χ4n) is 6.91. The van der Waals surface area contributed by atoms with Gasteiger partial charge in [-0.25, -0.2) is 0 Å². The van der Waals surface area contributed by atoms with Gasteiger partial charge in [0, 0.05) is 0 Å². The molecule has 0 saturated heterocycles. The number of fused-ring (bicyclic) bond motifs is 5. The quantitative estimate of drug-likeness (QED) is 0.535. The number of hydrogen-bond donors (Lipinski definition) is 0. The molecule has 4 rings (SSSR count). The Hall–Kier alpha value is 0. The Morgan fingerprint density at radius 2 is 1.67 bits per heavy atom. The summed E-state index contributed by atoms with van der Waals surface area (Å²) in [6, 6.07) is 0. The molecule has 0 bridgehead atoms. The van der Waals surface area contributed by atoms with Crippen molar-refractivity contribution in [1.82, 2.24) is 0 Å². The van der Waals surface area contributed by atoms with Crippen LogP contribution in [0, 0.1) is 35.0 Å². The van der Waals surface area contributed by atoms with Gasteiger partial charge in [0.2, 0.25) is 0 Å². The minimum atomic E-state index is 0.759. The van der Waals surface area contributed by atoms with Gasteiger partial charge < -0.3 is 0 Å². The summed E-state index contributed by atoms with van der Waals surface area (Å²) in [5.74, 6) is 5.67. The molecule has 0 aromatic carbocycles. The molecule has 102 valence electrons. The first-order valence-electron chi connectivity index (χ1n) is 8.79. The Kier molecular flexibility index (Phi) is 2.79. The van der Waals surface area contributed by atoms with Gasteiger partial charge in [-0.1, -0.05) is 32.6 Å². The summed E-state index contributed by atoms with van der Waals surface area (Å²) in [6.45, 7) is 2.70. The van der Waals surface area contributed by atoms with E-state index in [0.29, 0.717) is 0 Å². The van der Waals surface area contributed by atoms with E-state index in [1.807, 2.05) is 0 Å². The van der Waals surface area contributed by atoms with Crippen molar-refractivity contribution in [1.29, 1.82) is 0 Å². The van der Waals surface area contributed by atoms with Gasteiger partial charge in [-0.3, -0.25) is 0 Å². The van der Waals surface area contributed by atoms with E-state index in [4.69, 9.17) is 0 Å². The molecule has 0 amide bonds. The van der Waals surface area contributed by atoms with Crippen molar-refractivity contribution in [2.45, 2.75) is 77.6 Å². The summed E-state index contributed by atoms with van der Waals surface area (Å²) in [4.78, 5) is 0. The maximum absolute atomic E-state index is 2.70. The van der Waals surface area contributed by atoms with Crippen molar-refractivity contribution in [3.8, 4) is 0 Å². The predicted molar refractivity (Wildman–Crippen MR) is 76.3 cm³/mol. The molecule has 4 aliphatic carbocycles. The van der Waals surface area contributed by atoms with Crippen LogP contribution in [0.5, 0.6) is 0 Å². The molecule has 0 nitrogen and oxygen atoms in total. The second-order valence-corrected chi connectivity index (χ2v) is 8.23. The van der Waals surface area contributed by atoms with Gasteiger partial charge in [0.05, 0.1) is 0 Å². The second kappa shape index (κ2) is 4.25. The highest BCUT2D eigenvalue weighted by Gasteiger charge is 2.53. The molecule has 18 heavy (non-hydrogen) atoms. The number of rotatable bonds is 0. The first-order chi connectivity index (χ1) is 8.79. The van der Waals surface area contributed by atoms with Crippen LogP contribution < -0.4 is 0 Å². The Morgan fingerprint density at radius 1 is 0.722 bits per heavy atom. The molecule has 0 spiro atoms. The monoisotopic (exact) mass is 246 g/mol. The third-order valence-electron chi connectivity index (χ3n) is 7.78. The van der Waals surface area contributed by atoms with Crippen LogP contribution in [-0.2, 0) is 0 Å². The first-order valence-corrected chi connectivity index (χ1v) is 8.79. The minimum Gasteiger partial charge on any atom is -0.0591 e. The predicted octanol–water partition coefficient (Wildman–Crippen LogP) is 5.42. The van der Waals surface area contributed by atoms with Crippen LogP contribution in [-0.4, -0.2) is 0 Å². The van der Waals surface area contributed by atoms with Crippen molar-refractivity contribution in [3.63, 3.8) is 0 Å². The molecule has 0 heterocycles. The SMILES string of the molecule is C[C@]12CCCC[C@H]1CC[C@H]1[C@@H]3CCC[C@H]3CC[C@@H]12. The lowest BCUT2D eigenvalue weighted by molar-refractivity contribution is -0.0834. The largest absolute Gasteiger partial charge is 0.0591 e. The van der Waals surface area contributed by atoms with Crippen LogP contribution in [0.25, 0.3) is 0 Å². The molecule has 0 aromatic rings. The highest BCUT2D eigenvalue weighted by molar-refractivity contribution is 5.03. The lowest BCUT2D eigenvalue weighted by atomic mass is 9.47. The first kappa shape index (κ1) is 11.8. The summed E-state index contributed by atoms with van der Waals surface area (Å²) < 4.78 is 0. The zero-order chi connectivity index (χ0) is 12.2. The number of hydrogen-bond acceptors (Lipinski definition) is 0. The maximum Gasteiger partial charge on any atom is -0.0266 e. The zero-order valence-corrected chi connectivity index (χ0v) is 12.2. The van der Waals surface area contributed by atoms with Gasteiger partial charge in [0.25, 0.3) is 0 Å². The van der Waals surface area contributed by atoms with E-state index in [1.165, 1.54) is 12.8 Å². The standard InChI is InChI=1S/C18H30/c1-18-12-3-2-6-14(18)9-10-16-15-7-4-5-13(15)8-11-17(16)18/h13-17H,2-12H2,1H3/t13-,14-,15+,16-,17-,18-/m0/s1. The Bertz CT molecular complexity index is 320. The fourth-order valence-corrected chi connectivity index (χ4v) is 6.91. The zero-order valence-electron chi connectivity index (χ0n) is 12.2. The molecular formula is C18H30. The second-order valence-electron chi connectivity index (χ2n) is 8.23. The van der Waals surface area contributed by atoms with Gasteiger partial charge in [0.1, 0.15) is 0 Å².